The second kappa shape index (κ2) is 3.63. The summed E-state index contributed by atoms with van der Waals surface area (Å²) in [6, 6.07) is 9.91. The molecule has 0 unspecified atom stereocenters. The van der Waals surface area contributed by atoms with Crippen LogP contribution < -0.4 is 5.73 Å². The fourth-order valence-electron chi connectivity index (χ4n) is 2.16. The fraction of sp³-hybridized carbons (Fsp3) is 0.0714. The highest BCUT2D eigenvalue weighted by molar-refractivity contribution is 5.97. The van der Waals surface area contributed by atoms with E-state index >= 15 is 0 Å². The van der Waals surface area contributed by atoms with Crippen LogP contribution in [0.25, 0.3) is 22.2 Å². The van der Waals surface area contributed by atoms with Gasteiger partial charge in [-0.2, -0.15) is 0 Å². The van der Waals surface area contributed by atoms with E-state index in [4.69, 9.17) is 5.73 Å². The van der Waals surface area contributed by atoms with Crippen LogP contribution in [-0.2, 0) is 0 Å². The second-order valence-corrected chi connectivity index (χ2v) is 4.17. The molecular weight excluding hydrogens is 210 g/mol. The van der Waals surface area contributed by atoms with Gasteiger partial charge in [-0.15, -0.1) is 0 Å². The highest BCUT2D eigenvalue weighted by atomic mass is 14.7. The first kappa shape index (κ1) is 9.90. The van der Waals surface area contributed by atoms with Gasteiger partial charge in [0.2, 0.25) is 0 Å². The molecule has 3 rings (SSSR count). The van der Waals surface area contributed by atoms with E-state index in [-0.39, 0.29) is 0 Å². The highest BCUT2D eigenvalue weighted by Gasteiger charge is 2.09. The van der Waals surface area contributed by atoms with Crippen LogP contribution in [0.3, 0.4) is 0 Å². The molecule has 0 aliphatic rings. The van der Waals surface area contributed by atoms with Crippen molar-refractivity contribution in [3.8, 4) is 11.3 Å². The number of H-pyrrole nitrogens is 1. The summed E-state index contributed by atoms with van der Waals surface area (Å²) in [4.78, 5) is 7.64. The van der Waals surface area contributed by atoms with Gasteiger partial charge in [0.1, 0.15) is 0 Å². The van der Waals surface area contributed by atoms with Crippen molar-refractivity contribution in [2.24, 2.45) is 0 Å². The smallest absolute Gasteiger partial charge is 0.0743 e. The van der Waals surface area contributed by atoms with Crippen molar-refractivity contribution in [2.75, 3.05) is 5.73 Å². The molecule has 3 aromatic rings. The van der Waals surface area contributed by atoms with Gasteiger partial charge in [0.15, 0.2) is 0 Å². The van der Waals surface area contributed by atoms with Crippen molar-refractivity contribution < 1.29 is 0 Å². The maximum absolute atomic E-state index is 5.80. The second-order valence-electron chi connectivity index (χ2n) is 4.17. The van der Waals surface area contributed by atoms with Crippen molar-refractivity contribution in [3.63, 3.8) is 0 Å². The standard InChI is InChI=1S/C14H13N3/c1-9-3-2-4-12-14(9)11(8-17-12)13-7-10(15)5-6-16-13/h2-8,17H,1H3,(H2,15,16). The zero-order chi connectivity index (χ0) is 11.8. The predicted octanol–water partition coefficient (Wildman–Crippen LogP) is 3.12. The molecule has 3 nitrogen and oxygen atoms in total. The molecule has 2 aromatic heterocycles. The Labute approximate surface area is 99.3 Å². The lowest BCUT2D eigenvalue weighted by atomic mass is 10.0. The number of nitrogens with zero attached hydrogens (tertiary/aromatic N) is 1. The van der Waals surface area contributed by atoms with Crippen LogP contribution >= 0.6 is 0 Å². The molecule has 0 saturated heterocycles. The summed E-state index contributed by atoms with van der Waals surface area (Å²) in [6.45, 7) is 2.10. The van der Waals surface area contributed by atoms with Crippen molar-refractivity contribution in [3.05, 3.63) is 48.3 Å². The lowest BCUT2D eigenvalue weighted by molar-refractivity contribution is 1.33. The van der Waals surface area contributed by atoms with Gasteiger partial charge in [-0.1, -0.05) is 12.1 Å². The van der Waals surface area contributed by atoms with Crippen LogP contribution in [0.4, 0.5) is 5.69 Å². The molecule has 3 N–H and O–H groups in total. The summed E-state index contributed by atoms with van der Waals surface area (Å²) in [5.74, 6) is 0. The highest BCUT2D eigenvalue weighted by Crippen LogP contribution is 2.30. The number of aromatic nitrogens is 2. The first-order chi connectivity index (χ1) is 8.25. The Bertz CT molecular complexity index is 683. The van der Waals surface area contributed by atoms with Crippen molar-refractivity contribution in [1.29, 1.82) is 0 Å². The summed E-state index contributed by atoms with van der Waals surface area (Å²) < 4.78 is 0. The molecule has 0 saturated carbocycles. The van der Waals surface area contributed by atoms with E-state index < -0.39 is 0 Å². The molecule has 84 valence electrons. The van der Waals surface area contributed by atoms with Crippen LogP contribution in [0.5, 0.6) is 0 Å². The Morgan fingerprint density at radius 2 is 2.12 bits per heavy atom. The van der Waals surface area contributed by atoms with Gasteiger partial charge in [0, 0.05) is 34.5 Å². The van der Waals surface area contributed by atoms with Crippen LogP contribution in [-0.4, -0.2) is 9.97 Å². The first-order valence-electron chi connectivity index (χ1n) is 5.54. The minimum absolute atomic E-state index is 0.734. The molecule has 2 heterocycles. The topological polar surface area (TPSA) is 54.7 Å². The lowest BCUT2D eigenvalue weighted by Crippen LogP contribution is -1.88. The van der Waals surface area contributed by atoms with E-state index in [9.17, 15) is 0 Å². The minimum Gasteiger partial charge on any atom is -0.399 e. The van der Waals surface area contributed by atoms with Crippen LogP contribution in [0.15, 0.2) is 42.7 Å². The van der Waals surface area contributed by atoms with Crippen molar-refractivity contribution >= 4 is 16.6 Å². The predicted molar refractivity (Wildman–Crippen MR) is 70.7 cm³/mol. The van der Waals surface area contributed by atoms with E-state index in [1.165, 1.54) is 10.9 Å². The number of aryl methyl sites for hydroxylation is 1. The number of hydrogen-bond donors (Lipinski definition) is 2. The molecule has 0 aliphatic heterocycles. The average molecular weight is 223 g/mol. The summed E-state index contributed by atoms with van der Waals surface area (Å²) in [5.41, 5.74) is 10.9. The molecule has 0 amide bonds. The Kier molecular flexibility index (Phi) is 2.11. The van der Waals surface area contributed by atoms with Gasteiger partial charge in [-0.25, -0.2) is 0 Å². The number of pyridine rings is 1. The quantitative estimate of drug-likeness (QED) is 0.666. The summed E-state index contributed by atoms with van der Waals surface area (Å²) >= 11 is 0. The molecule has 1 aromatic carbocycles. The average Bonchev–Trinajstić information content (AvgIpc) is 2.74. The number of aromatic amines is 1. The summed E-state index contributed by atoms with van der Waals surface area (Å²) in [5, 5.41) is 1.21. The molecule has 0 spiro atoms. The number of nitrogen functional groups attached to an aromatic ring is 1. The largest absolute Gasteiger partial charge is 0.399 e. The molecule has 17 heavy (non-hydrogen) atoms. The third-order valence-corrected chi connectivity index (χ3v) is 2.97. The fourth-order valence-corrected chi connectivity index (χ4v) is 2.16. The zero-order valence-electron chi connectivity index (χ0n) is 9.57. The summed E-state index contributed by atoms with van der Waals surface area (Å²) in [7, 11) is 0. The summed E-state index contributed by atoms with van der Waals surface area (Å²) in [6.07, 6.45) is 3.72. The third-order valence-electron chi connectivity index (χ3n) is 2.97. The maximum Gasteiger partial charge on any atom is 0.0743 e. The number of benzene rings is 1. The monoisotopic (exact) mass is 223 g/mol. The minimum atomic E-state index is 0.734. The molecule has 0 fully saturated rings. The van der Waals surface area contributed by atoms with E-state index in [1.54, 1.807) is 12.3 Å². The number of fused-ring (bicyclic) bond motifs is 1. The van der Waals surface area contributed by atoms with Gasteiger partial charge in [-0.05, 0) is 30.7 Å². The number of nitrogens with two attached hydrogens (primary N) is 1. The van der Waals surface area contributed by atoms with Crippen molar-refractivity contribution in [2.45, 2.75) is 6.92 Å². The van der Waals surface area contributed by atoms with E-state index in [1.807, 2.05) is 18.3 Å². The van der Waals surface area contributed by atoms with Gasteiger partial charge >= 0.3 is 0 Å². The Balaban J connectivity index is 2.31. The lowest BCUT2D eigenvalue weighted by Gasteiger charge is -2.02. The number of hydrogen-bond acceptors (Lipinski definition) is 2. The SMILES string of the molecule is Cc1cccc2[nH]cc(-c3cc(N)ccn3)c12. The zero-order valence-corrected chi connectivity index (χ0v) is 9.57. The van der Waals surface area contributed by atoms with Gasteiger partial charge < -0.3 is 10.7 Å². The Morgan fingerprint density at radius 3 is 2.94 bits per heavy atom. The third kappa shape index (κ3) is 1.56. The van der Waals surface area contributed by atoms with Gasteiger partial charge in [-0.3, -0.25) is 4.98 Å². The van der Waals surface area contributed by atoms with Gasteiger partial charge in [0.25, 0.3) is 0 Å². The molecular formula is C14H13N3. The molecule has 0 atom stereocenters. The van der Waals surface area contributed by atoms with E-state index in [0.717, 1.165) is 22.5 Å². The molecule has 0 bridgehead atoms. The molecule has 3 heteroatoms. The molecule has 0 aliphatic carbocycles. The number of rotatable bonds is 1. The first-order valence-corrected chi connectivity index (χ1v) is 5.54. The van der Waals surface area contributed by atoms with E-state index in [2.05, 4.69) is 29.0 Å². The Hall–Kier alpha value is -2.29. The Morgan fingerprint density at radius 1 is 1.24 bits per heavy atom. The van der Waals surface area contributed by atoms with Crippen LogP contribution in [0.1, 0.15) is 5.56 Å². The normalized spacial score (nSPS) is 10.9. The van der Waals surface area contributed by atoms with Gasteiger partial charge in [0.05, 0.1) is 5.69 Å². The number of anilines is 1. The number of nitrogens with one attached hydrogen (secondary N) is 1. The molecule has 0 radical (unpaired) electrons. The maximum atomic E-state index is 5.80. The van der Waals surface area contributed by atoms with Crippen molar-refractivity contribution in [1.82, 2.24) is 9.97 Å². The van der Waals surface area contributed by atoms with E-state index in [0.29, 0.717) is 0 Å². The van der Waals surface area contributed by atoms with Crippen LogP contribution in [0, 0.1) is 6.92 Å². The van der Waals surface area contributed by atoms with Crippen LogP contribution in [0.2, 0.25) is 0 Å².